The van der Waals surface area contributed by atoms with Crippen LogP contribution in [-0.4, -0.2) is 22.8 Å². The lowest BCUT2D eigenvalue weighted by molar-refractivity contribution is -0.214. The van der Waals surface area contributed by atoms with Crippen molar-refractivity contribution in [1.82, 2.24) is 0 Å². The van der Waals surface area contributed by atoms with E-state index in [-0.39, 0.29) is 29.5 Å². The fourth-order valence-corrected chi connectivity index (χ4v) is 4.75. The van der Waals surface area contributed by atoms with Crippen LogP contribution in [0.1, 0.15) is 58.8 Å². The molecule has 3 fully saturated rings. The number of carbonyl (C=O) groups excluding carboxylic acids is 1. The quantitative estimate of drug-likeness (QED) is 0.799. The summed E-state index contributed by atoms with van der Waals surface area (Å²) in [6.07, 6.45) is 6.95. The highest BCUT2D eigenvalue weighted by molar-refractivity contribution is 5.72. The molecule has 3 saturated carbocycles. The first kappa shape index (κ1) is 13.4. The van der Waals surface area contributed by atoms with Crippen molar-refractivity contribution in [3.05, 3.63) is 0 Å². The Hall–Kier alpha value is -0.570. The number of hydrogen-bond acceptors (Lipinski definition) is 3. The minimum atomic E-state index is -0.329. The highest BCUT2D eigenvalue weighted by atomic mass is 16.6. The van der Waals surface area contributed by atoms with Crippen molar-refractivity contribution < 1.29 is 14.6 Å². The summed E-state index contributed by atoms with van der Waals surface area (Å²) in [6.45, 7) is 3.96. The van der Waals surface area contributed by atoms with Crippen molar-refractivity contribution >= 4 is 5.97 Å². The average Bonchev–Trinajstić information content (AvgIpc) is 2.35. The molecule has 108 valence electrons. The van der Waals surface area contributed by atoms with Crippen molar-refractivity contribution in [3.63, 3.8) is 0 Å². The van der Waals surface area contributed by atoms with Gasteiger partial charge in [0.05, 0.1) is 12.0 Å². The first-order valence-electron chi connectivity index (χ1n) is 7.95. The molecule has 3 nitrogen and oxygen atoms in total. The van der Waals surface area contributed by atoms with Crippen LogP contribution < -0.4 is 0 Å². The highest BCUT2D eigenvalue weighted by Gasteiger charge is 2.57. The summed E-state index contributed by atoms with van der Waals surface area (Å²) in [7, 11) is 0. The van der Waals surface area contributed by atoms with Gasteiger partial charge in [0.15, 0.2) is 0 Å². The maximum Gasteiger partial charge on any atom is 0.309 e. The molecule has 0 amide bonds. The first-order chi connectivity index (χ1) is 9.04. The normalized spacial score (nSPS) is 45.8. The first-order valence-corrected chi connectivity index (χ1v) is 7.95. The van der Waals surface area contributed by atoms with Gasteiger partial charge in [0.25, 0.3) is 0 Å². The van der Waals surface area contributed by atoms with Gasteiger partial charge in [-0.3, -0.25) is 4.79 Å². The highest BCUT2D eigenvalue weighted by Crippen LogP contribution is 2.56. The maximum absolute atomic E-state index is 12.2. The van der Waals surface area contributed by atoms with E-state index >= 15 is 0 Å². The Morgan fingerprint density at radius 3 is 2.79 bits per heavy atom. The maximum atomic E-state index is 12.2. The van der Waals surface area contributed by atoms with Crippen molar-refractivity contribution in [2.24, 2.45) is 23.7 Å². The van der Waals surface area contributed by atoms with Crippen LogP contribution in [0.4, 0.5) is 0 Å². The number of aliphatic hydroxyl groups excluding tert-OH is 1. The van der Waals surface area contributed by atoms with E-state index in [0.717, 1.165) is 32.1 Å². The molecule has 3 aliphatic carbocycles. The Kier molecular flexibility index (Phi) is 3.36. The van der Waals surface area contributed by atoms with Gasteiger partial charge in [-0.15, -0.1) is 0 Å². The van der Waals surface area contributed by atoms with E-state index in [9.17, 15) is 9.90 Å². The number of carbonyl (C=O) groups is 1. The molecule has 19 heavy (non-hydrogen) atoms. The van der Waals surface area contributed by atoms with Crippen LogP contribution in [0.25, 0.3) is 0 Å². The lowest BCUT2D eigenvalue weighted by Crippen LogP contribution is -2.59. The molecule has 3 rings (SSSR count). The molecule has 0 aromatic carbocycles. The van der Waals surface area contributed by atoms with E-state index in [1.165, 1.54) is 12.8 Å². The zero-order valence-corrected chi connectivity index (χ0v) is 12.1. The fraction of sp³-hybridized carbons (Fsp3) is 0.938. The van der Waals surface area contributed by atoms with Gasteiger partial charge in [0, 0.05) is 5.92 Å². The van der Waals surface area contributed by atoms with Crippen LogP contribution in [0, 0.1) is 23.7 Å². The second-order valence-corrected chi connectivity index (χ2v) is 7.16. The van der Waals surface area contributed by atoms with E-state index in [1.807, 2.05) is 13.8 Å². The molecular weight excluding hydrogens is 240 g/mol. The minimum absolute atomic E-state index is 0.0210. The van der Waals surface area contributed by atoms with E-state index in [2.05, 4.69) is 0 Å². The zero-order valence-electron chi connectivity index (χ0n) is 12.1. The molecule has 1 N–H and O–H groups in total. The molecular formula is C16H26O3. The molecule has 0 aliphatic heterocycles. The minimum Gasteiger partial charge on any atom is -0.458 e. The number of esters is 1. The third-order valence-corrected chi connectivity index (χ3v) is 5.85. The van der Waals surface area contributed by atoms with E-state index in [4.69, 9.17) is 4.74 Å². The van der Waals surface area contributed by atoms with Crippen LogP contribution in [-0.2, 0) is 9.53 Å². The Morgan fingerprint density at radius 1 is 1.32 bits per heavy atom. The Labute approximate surface area is 115 Å². The van der Waals surface area contributed by atoms with E-state index < -0.39 is 0 Å². The van der Waals surface area contributed by atoms with Crippen molar-refractivity contribution in [3.8, 4) is 0 Å². The number of ether oxygens (including phenoxy) is 1. The van der Waals surface area contributed by atoms with Gasteiger partial charge in [0.2, 0.25) is 0 Å². The lowest BCUT2D eigenvalue weighted by Gasteiger charge is -2.57. The number of hydrogen-bond donors (Lipinski definition) is 1. The van der Waals surface area contributed by atoms with Crippen LogP contribution in [0.5, 0.6) is 0 Å². The Balaban J connectivity index is 1.82. The van der Waals surface area contributed by atoms with Crippen LogP contribution in [0.2, 0.25) is 0 Å². The monoisotopic (exact) mass is 266 g/mol. The van der Waals surface area contributed by atoms with Gasteiger partial charge >= 0.3 is 5.97 Å². The Morgan fingerprint density at radius 2 is 2.05 bits per heavy atom. The van der Waals surface area contributed by atoms with Gasteiger partial charge in [-0.05, 0) is 56.8 Å². The fourth-order valence-electron chi connectivity index (χ4n) is 4.75. The smallest absolute Gasteiger partial charge is 0.309 e. The van der Waals surface area contributed by atoms with Crippen molar-refractivity contribution in [1.29, 1.82) is 0 Å². The largest absolute Gasteiger partial charge is 0.458 e. The number of aliphatic hydroxyl groups is 1. The van der Waals surface area contributed by atoms with Crippen molar-refractivity contribution in [2.45, 2.75) is 70.5 Å². The standard InChI is InChI=1S/C16H26O3/c1-3-10(2)15(18)19-16-8-11-4-5-13(16)14(17)7-12(6-11)9-16/h10-14,17H,3-9H2,1-2H3. The molecule has 6 unspecified atom stereocenters. The van der Waals surface area contributed by atoms with Crippen LogP contribution >= 0.6 is 0 Å². The number of fused-ring (bicyclic) bond motifs is 2. The molecule has 3 aliphatic rings. The predicted molar refractivity (Wildman–Crippen MR) is 72.5 cm³/mol. The second kappa shape index (κ2) is 4.76. The summed E-state index contributed by atoms with van der Waals surface area (Å²) in [5, 5.41) is 10.4. The molecule has 0 saturated heterocycles. The molecule has 0 radical (unpaired) electrons. The topological polar surface area (TPSA) is 46.5 Å². The molecule has 6 atom stereocenters. The summed E-state index contributed by atoms with van der Waals surface area (Å²) in [5.41, 5.74) is -0.329. The summed E-state index contributed by atoms with van der Waals surface area (Å²) in [5.74, 6) is 1.39. The third-order valence-electron chi connectivity index (χ3n) is 5.85. The van der Waals surface area contributed by atoms with Gasteiger partial charge in [-0.25, -0.2) is 0 Å². The zero-order chi connectivity index (χ0) is 13.6. The lowest BCUT2D eigenvalue weighted by atomic mass is 9.54. The van der Waals surface area contributed by atoms with Gasteiger partial charge in [-0.2, -0.15) is 0 Å². The van der Waals surface area contributed by atoms with Gasteiger partial charge in [-0.1, -0.05) is 13.8 Å². The molecule has 0 heterocycles. The van der Waals surface area contributed by atoms with E-state index in [1.54, 1.807) is 0 Å². The van der Waals surface area contributed by atoms with Crippen LogP contribution in [0.15, 0.2) is 0 Å². The average molecular weight is 266 g/mol. The summed E-state index contributed by atoms with van der Waals surface area (Å²) >= 11 is 0. The van der Waals surface area contributed by atoms with Crippen molar-refractivity contribution in [2.75, 3.05) is 0 Å². The molecule has 0 spiro atoms. The van der Waals surface area contributed by atoms with E-state index in [0.29, 0.717) is 11.8 Å². The van der Waals surface area contributed by atoms with Crippen LogP contribution in [0.3, 0.4) is 0 Å². The summed E-state index contributed by atoms with van der Waals surface area (Å²) in [4.78, 5) is 12.2. The summed E-state index contributed by atoms with van der Waals surface area (Å²) < 4.78 is 6.01. The predicted octanol–water partition coefficient (Wildman–Crippen LogP) is 2.91. The second-order valence-electron chi connectivity index (χ2n) is 7.16. The molecule has 0 aromatic heterocycles. The molecule has 3 heteroatoms. The molecule has 3 bridgehead atoms. The van der Waals surface area contributed by atoms with Gasteiger partial charge in [0.1, 0.15) is 5.60 Å². The van der Waals surface area contributed by atoms with Gasteiger partial charge < -0.3 is 9.84 Å². The third kappa shape index (κ3) is 2.20. The SMILES string of the molecule is CCC(C)C(=O)OC12CC3CCC1C(O)CC(C3)C2. The summed E-state index contributed by atoms with van der Waals surface area (Å²) in [6, 6.07) is 0. The Bertz CT molecular complexity index is 361. The number of rotatable bonds is 3. The molecule has 0 aromatic rings.